The molecule has 1 aromatic heterocycles. The zero-order valence-corrected chi connectivity index (χ0v) is 15.0. The number of aromatic amines is 1. The van der Waals surface area contributed by atoms with Gasteiger partial charge in [-0.2, -0.15) is 0 Å². The Hall–Kier alpha value is -2.67. The normalized spacial score (nSPS) is 15.0. The fraction of sp³-hybridized carbons (Fsp3) is 0.421. The number of H-pyrrole nitrogens is 1. The lowest BCUT2D eigenvalue weighted by molar-refractivity contribution is 0.220. The van der Waals surface area contributed by atoms with Crippen LogP contribution in [0.1, 0.15) is 6.42 Å². The second-order valence-electron chi connectivity index (χ2n) is 6.22. The largest absolute Gasteiger partial charge is 0.504 e. The quantitative estimate of drug-likeness (QED) is 0.733. The summed E-state index contributed by atoms with van der Waals surface area (Å²) in [5, 5.41) is 9.65. The first-order valence-corrected chi connectivity index (χ1v) is 8.83. The number of anilines is 1. The molecule has 26 heavy (non-hydrogen) atoms. The van der Waals surface area contributed by atoms with Crippen molar-refractivity contribution in [2.24, 2.45) is 0 Å². The summed E-state index contributed by atoms with van der Waals surface area (Å²) in [4.78, 5) is 18.8. The maximum absolute atomic E-state index is 11.6. The summed E-state index contributed by atoms with van der Waals surface area (Å²) < 4.78 is 10.9. The Labute approximate surface area is 152 Å². The highest BCUT2D eigenvalue weighted by Gasteiger charge is 2.19. The van der Waals surface area contributed by atoms with Crippen LogP contribution in [-0.4, -0.2) is 61.4 Å². The molecule has 2 N–H and O–H groups in total. The van der Waals surface area contributed by atoms with Crippen molar-refractivity contribution in [3.8, 4) is 17.2 Å². The zero-order chi connectivity index (χ0) is 18.4. The summed E-state index contributed by atoms with van der Waals surface area (Å²) in [6.45, 7) is 5.11. The van der Waals surface area contributed by atoms with Crippen molar-refractivity contribution < 1.29 is 14.6 Å². The van der Waals surface area contributed by atoms with Crippen LogP contribution in [0.2, 0.25) is 0 Å². The molecule has 1 saturated heterocycles. The van der Waals surface area contributed by atoms with E-state index in [0.717, 1.165) is 50.6 Å². The highest BCUT2D eigenvalue weighted by Crippen LogP contribution is 2.28. The van der Waals surface area contributed by atoms with Crippen molar-refractivity contribution in [1.82, 2.24) is 9.88 Å². The molecule has 0 aliphatic carbocycles. The van der Waals surface area contributed by atoms with E-state index in [1.807, 2.05) is 18.2 Å². The Kier molecular flexibility index (Phi) is 6.01. The predicted octanol–water partition coefficient (Wildman–Crippen LogP) is 1.68. The first kappa shape index (κ1) is 18.1. The number of aromatic hydroxyl groups is 1. The van der Waals surface area contributed by atoms with Crippen LogP contribution in [0.25, 0.3) is 0 Å². The van der Waals surface area contributed by atoms with Gasteiger partial charge in [0.25, 0.3) is 5.56 Å². The molecule has 1 aromatic carbocycles. The van der Waals surface area contributed by atoms with Crippen molar-refractivity contribution >= 4 is 5.69 Å². The Balaban J connectivity index is 1.43. The van der Waals surface area contributed by atoms with Crippen LogP contribution in [0.3, 0.4) is 0 Å². The predicted molar refractivity (Wildman–Crippen MR) is 100 cm³/mol. The van der Waals surface area contributed by atoms with E-state index in [2.05, 4.69) is 20.9 Å². The van der Waals surface area contributed by atoms with Crippen molar-refractivity contribution in [3.63, 3.8) is 0 Å². The standard InChI is InChI=1S/C19H25N3O4/c1-25-17-6-3-2-5-15(17)22-12-10-21(11-13-22)9-4-14-26-18-16(23)7-8-20-19(18)24/h2-3,5-8H,4,9-14H2,1H3,(H2,20,23,24). The van der Waals surface area contributed by atoms with Crippen molar-refractivity contribution in [1.29, 1.82) is 0 Å². The Morgan fingerprint density at radius 3 is 2.65 bits per heavy atom. The first-order chi connectivity index (χ1) is 12.7. The van der Waals surface area contributed by atoms with Gasteiger partial charge in [-0.3, -0.25) is 9.69 Å². The number of ether oxygens (including phenoxy) is 2. The molecule has 1 aliphatic rings. The minimum atomic E-state index is -0.407. The van der Waals surface area contributed by atoms with Gasteiger partial charge in [0.2, 0.25) is 5.75 Å². The molecule has 0 saturated carbocycles. The van der Waals surface area contributed by atoms with Gasteiger partial charge in [-0.15, -0.1) is 0 Å². The summed E-state index contributed by atoms with van der Waals surface area (Å²) >= 11 is 0. The van der Waals surface area contributed by atoms with Gasteiger partial charge in [-0.05, 0) is 18.6 Å². The van der Waals surface area contributed by atoms with Crippen LogP contribution in [0.15, 0.2) is 41.3 Å². The van der Waals surface area contributed by atoms with E-state index >= 15 is 0 Å². The fourth-order valence-corrected chi connectivity index (χ4v) is 3.16. The third kappa shape index (κ3) is 4.29. The lowest BCUT2D eigenvalue weighted by Gasteiger charge is -2.36. The van der Waals surface area contributed by atoms with Gasteiger partial charge in [-0.25, -0.2) is 0 Å². The van der Waals surface area contributed by atoms with Crippen LogP contribution < -0.4 is 19.9 Å². The van der Waals surface area contributed by atoms with E-state index in [1.165, 1.54) is 12.3 Å². The van der Waals surface area contributed by atoms with Gasteiger partial charge in [0, 0.05) is 45.0 Å². The van der Waals surface area contributed by atoms with Crippen LogP contribution in [-0.2, 0) is 0 Å². The highest BCUT2D eigenvalue weighted by molar-refractivity contribution is 5.58. The SMILES string of the molecule is COc1ccccc1N1CCN(CCCOc2c(O)cc[nH]c2=O)CC1. The number of methoxy groups -OCH3 is 1. The van der Waals surface area contributed by atoms with E-state index in [0.29, 0.717) is 6.61 Å². The molecular formula is C19H25N3O4. The van der Waals surface area contributed by atoms with Gasteiger partial charge in [0.05, 0.1) is 19.4 Å². The van der Waals surface area contributed by atoms with Gasteiger partial charge >= 0.3 is 0 Å². The molecule has 2 heterocycles. The van der Waals surface area contributed by atoms with E-state index in [9.17, 15) is 9.90 Å². The minimum absolute atomic E-state index is 0.00603. The van der Waals surface area contributed by atoms with E-state index in [4.69, 9.17) is 9.47 Å². The minimum Gasteiger partial charge on any atom is -0.504 e. The number of rotatable bonds is 7. The monoisotopic (exact) mass is 359 g/mol. The second-order valence-corrected chi connectivity index (χ2v) is 6.22. The number of nitrogens with one attached hydrogen (secondary N) is 1. The highest BCUT2D eigenvalue weighted by atomic mass is 16.5. The molecule has 140 valence electrons. The van der Waals surface area contributed by atoms with Crippen molar-refractivity contribution in [2.75, 3.05) is 51.3 Å². The molecule has 1 fully saturated rings. The average Bonchev–Trinajstić information content (AvgIpc) is 2.67. The molecule has 1 aliphatic heterocycles. The first-order valence-electron chi connectivity index (χ1n) is 8.83. The molecule has 7 heteroatoms. The number of benzene rings is 1. The van der Waals surface area contributed by atoms with Gasteiger partial charge in [-0.1, -0.05) is 12.1 Å². The lowest BCUT2D eigenvalue weighted by Crippen LogP contribution is -2.46. The fourth-order valence-electron chi connectivity index (χ4n) is 3.16. The van der Waals surface area contributed by atoms with E-state index in [1.54, 1.807) is 7.11 Å². The molecule has 3 rings (SSSR count). The van der Waals surface area contributed by atoms with Crippen LogP contribution in [0, 0.1) is 0 Å². The Morgan fingerprint density at radius 1 is 1.15 bits per heavy atom. The number of nitrogens with zero attached hydrogens (tertiary/aromatic N) is 2. The van der Waals surface area contributed by atoms with Gasteiger partial charge in [0.1, 0.15) is 5.75 Å². The van der Waals surface area contributed by atoms with Crippen molar-refractivity contribution in [3.05, 3.63) is 46.9 Å². The van der Waals surface area contributed by atoms with Crippen LogP contribution in [0.5, 0.6) is 17.2 Å². The smallest absolute Gasteiger partial charge is 0.294 e. The summed E-state index contributed by atoms with van der Waals surface area (Å²) in [5.41, 5.74) is 0.729. The molecule has 0 bridgehead atoms. The van der Waals surface area contributed by atoms with E-state index < -0.39 is 5.56 Å². The Bertz CT molecular complexity index is 769. The number of aromatic nitrogens is 1. The Morgan fingerprint density at radius 2 is 1.92 bits per heavy atom. The zero-order valence-electron chi connectivity index (χ0n) is 15.0. The van der Waals surface area contributed by atoms with Crippen LogP contribution >= 0.6 is 0 Å². The molecule has 0 spiro atoms. The summed E-state index contributed by atoms with van der Waals surface area (Å²) in [7, 11) is 1.70. The second kappa shape index (κ2) is 8.62. The topological polar surface area (TPSA) is 78.0 Å². The number of pyridine rings is 1. The maximum atomic E-state index is 11.6. The molecular weight excluding hydrogens is 334 g/mol. The van der Waals surface area contributed by atoms with Gasteiger partial charge < -0.3 is 24.5 Å². The summed E-state index contributed by atoms with van der Waals surface area (Å²) in [6.07, 6.45) is 2.19. The molecule has 0 atom stereocenters. The third-order valence-corrected chi connectivity index (χ3v) is 4.56. The average molecular weight is 359 g/mol. The maximum Gasteiger partial charge on any atom is 0.294 e. The third-order valence-electron chi connectivity index (χ3n) is 4.56. The molecule has 0 amide bonds. The number of hydrogen-bond acceptors (Lipinski definition) is 6. The van der Waals surface area contributed by atoms with Crippen LogP contribution in [0.4, 0.5) is 5.69 Å². The molecule has 2 aromatic rings. The summed E-state index contributed by atoms with van der Waals surface area (Å²) in [5.74, 6) is 0.773. The number of para-hydroxylation sites is 2. The lowest BCUT2D eigenvalue weighted by atomic mass is 10.2. The number of piperazine rings is 1. The molecule has 7 nitrogen and oxygen atoms in total. The molecule has 0 radical (unpaired) electrons. The summed E-state index contributed by atoms with van der Waals surface area (Å²) in [6, 6.07) is 9.50. The number of hydrogen-bond donors (Lipinski definition) is 2. The van der Waals surface area contributed by atoms with E-state index in [-0.39, 0.29) is 11.5 Å². The molecule has 0 unspecified atom stereocenters. The van der Waals surface area contributed by atoms with Crippen molar-refractivity contribution in [2.45, 2.75) is 6.42 Å². The van der Waals surface area contributed by atoms with Gasteiger partial charge in [0.15, 0.2) is 5.75 Å².